The van der Waals surface area contributed by atoms with Crippen LogP contribution in [-0.4, -0.2) is 19.6 Å². The summed E-state index contributed by atoms with van der Waals surface area (Å²) in [5.74, 6) is 0.836. The molecular formula is C13H12BrN3O. The Morgan fingerprint density at radius 1 is 1.39 bits per heavy atom. The summed E-state index contributed by atoms with van der Waals surface area (Å²) in [6.45, 7) is -0.0353. The minimum atomic E-state index is -0.0353. The lowest BCUT2D eigenvalue weighted by atomic mass is 10.1. The Balaban J connectivity index is 2.27. The van der Waals surface area contributed by atoms with Gasteiger partial charge in [-0.3, -0.25) is 0 Å². The SMILES string of the molecule is Cn1c(-c2c[nH]c3ccccc23)nc(Br)c1CO. The molecule has 0 bridgehead atoms. The van der Waals surface area contributed by atoms with Crippen LogP contribution in [0.25, 0.3) is 22.3 Å². The van der Waals surface area contributed by atoms with E-state index < -0.39 is 0 Å². The summed E-state index contributed by atoms with van der Waals surface area (Å²) in [5, 5.41) is 10.5. The molecule has 0 saturated heterocycles. The van der Waals surface area contributed by atoms with E-state index in [2.05, 4.69) is 32.0 Å². The van der Waals surface area contributed by atoms with E-state index in [9.17, 15) is 5.11 Å². The van der Waals surface area contributed by atoms with Crippen LogP contribution >= 0.6 is 15.9 Å². The van der Waals surface area contributed by atoms with Gasteiger partial charge in [0.2, 0.25) is 0 Å². The van der Waals surface area contributed by atoms with E-state index in [0.29, 0.717) is 4.60 Å². The largest absolute Gasteiger partial charge is 0.390 e. The fourth-order valence-corrected chi connectivity index (χ4v) is 2.73. The fourth-order valence-electron chi connectivity index (χ4n) is 2.17. The van der Waals surface area contributed by atoms with E-state index in [1.54, 1.807) is 0 Å². The normalized spacial score (nSPS) is 11.3. The molecule has 0 saturated carbocycles. The molecule has 2 N–H and O–H groups in total. The number of aromatic nitrogens is 3. The lowest BCUT2D eigenvalue weighted by Gasteiger charge is -2.02. The highest BCUT2D eigenvalue weighted by Gasteiger charge is 2.16. The molecule has 0 radical (unpaired) electrons. The summed E-state index contributed by atoms with van der Waals surface area (Å²) in [5.41, 5.74) is 2.89. The van der Waals surface area contributed by atoms with Gasteiger partial charge in [-0.1, -0.05) is 18.2 Å². The zero-order valence-corrected chi connectivity index (χ0v) is 11.4. The molecule has 3 aromatic rings. The van der Waals surface area contributed by atoms with Gasteiger partial charge in [0, 0.05) is 29.7 Å². The third kappa shape index (κ3) is 1.59. The number of nitrogens with one attached hydrogen (secondary N) is 1. The summed E-state index contributed by atoms with van der Waals surface area (Å²) in [6.07, 6.45) is 1.95. The molecule has 1 aromatic carbocycles. The molecule has 2 heterocycles. The third-order valence-electron chi connectivity index (χ3n) is 3.14. The van der Waals surface area contributed by atoms with Crippen LogP contribution in [0.1, 0.15) is 5.69 Å². The molecule has 2 aromatic heterocycles. The van der Waals surface area contributed by atoms with Gasteiger partial charge in [-0.25, -0.2) is 4.98 Å². The number of aliphatic hydroxyl groups is 1. The number of imidazole rings is 1. The number of fused-ring (bicyclic) bond motifs is 1. The number of H-pyrrole nitrogens is 1. The fraction of sp³-hybridized carbons (Fsp3) is 0.154. The number of aliphatic hydroxyl groups excluding tert-OH is 1. The molecular weight excluding hydrogens is 294 g/mol. The van der Waals surface area contributed by atoms with E-state index in [1.165, 1.54) is 0 Å². The number of rotatable bonds is 2. The van der Waals surface area contributed by atoms with Crippen molar-refractivity contribution in [2.45, 2.75) is 6.61 Å². The van der Waals surface area contributed by atoms with Gasteiger partial charge in [0.1, 0.15) is 10.4 Å². The molecule has 92 valence electrons. The standard InChI is InChI=1S/C13H12BrN3O/c1-17-11(7-18)12(14)16-13(17)9-6-15-10-5-3-2-4-8(9)10/h2-6,15,18H,7H2,1H3. The second kappa shape index (κ2) is 4.26. The average molecular weight is 306 g/mol. The van der Waals surface area contributed by atoms with Crippen LogP contribution in [0, 0.1) is 0 Å². The molecule has 0 atom stereocenters. The average Bonchev–Trinajstić information content (AvgIpc) is 2.91. The lowest BCUT2D eigenvalue weighted by Crippen LogP contribution is -1.98. The first kappa shape index (κ1) is 11.5. The van der Waals surface area contributed by atoms with Crippen LogP contribution in [0.4, 0.5) is 0 Å². The van der Waals surface area contributed by atoms with Gasteiger partial charge in [-0.2, -0.15) is 0 Å². The highest BCUT2D eigenvalue weighted by molar-refractivity contribution is 9.10. The summed E-state index contributed by atoms with van der Waals surface area (Å²) in [6, 6.07) is 8.09. The number of benzene rings is 1. The van der Waals surface area contributed by atoms with E-state index in [1.807, 2.05) is 36.0 Å². The molecule has 0 amide bonds. The predicted molar refractivity (Wildman–Crippen MR) is 74.1 cm³/mol. The van der Waals surface area contributed by atoms with E-state index in [4.69, 9.17) is 0 Å². The maximum Gasteiger partial charge on any atom is 0.143 e. The van der Waals surface area contributed by atoms with Crippen LogP contribution in [0.2, 0.25) is 0 Å². The molecule has 0 fully saturated rings. The van der Waals surface area contributed by atoms with Gasteiger partial charge in [-0.05, 0) is 22.0 Å². The first-order valence-electron chi connectivity index (χ1n) is 5.61. The second-order valence-electron chi connectivity index (χ2n) is 4.14. The summed E-state index contributed by atoms with van der Waals surface area (Å²) in [7, 11) is 1.90. The van der Waals surface area contributed by atoms with Crippen molar-refractivity contribution >= 4 is 26.8 Å². The highest BCUT2D eigenvalue weighted by atomic mass is 79.9. The lowest BCUT2D eigenvalue weighted by molar-refractivity contribution is 0.272. The summed E-state index contributed by atoms with van der Waals surface area (Å²) in [4.78, 5) is 7.70. The maximum absolute atomic E-state index is 9.32. The first-order valence-corrected chi connectivity index (χ1v) is 6.40. The van der Waals surface area contributed by atoms with Crippen LogP contribution in [0.3, 0.4) is 0 Å². The molecule has 3 rings (SSSR count). The smallest absolute Gasteiger partial charge is 0.143 e. The van der Waals surface area contributed by atoms with Crippen molar-refractivity contribution in [3.63, 3.8) is 0 Å². The molecule has 0 spiro atoms. The number of para-hydroxylation sites is 1. The van der Waals surface area contributed by atoms with Crippen molar-refractivity contribution in [1.82, 2.24) is 14.5 Å². The minimum absolute atomic E-state index is 0.0353. The number of aromatic amines is 1. The Labute approximate surface area is 112 Å². The monoisotopic (exact) mass is 305 g/mol. The van der Waals surface area contributed by atoms with Crippen molar-refractivity contribution in [3.8, 4) is 11.4 Å². The summed E-state index contributed by atoms with van der Waals surface area (Å²) < 4.78 is 2.59. The van der Waals surface area contributed by atoms with E-state index >= 15 is 0 Å². The number of halogens is 1. The number of hydrogen-bond donors (Lipinski definition) is 2. The highest BCUT2D eigenvalue weighted by Crippen LogP contribution is 2.30. The molecule has 0 unspecified atom stereocenters. The Bertz CT molecular complexity index is 714. The first-order chi connectivity index (χ1) is 8.72. The Morgan fingerprint density at radius 2 is 2.17 bits per heavy atom. The zero-order chi connectivity index (χ0) is 12.7. The van der Waals surface area contributed by atoms with Crippen LogP contribution in [-0.2, 0) is 13.7 Å². The maximum atomic E-state index is 9.32. The van der Waals surface area contributed by atoms with Crippen LogP contribution in [0.5, 0.6) is 0 Å². The second-order valence-corrected chi connectivity index (χ2v) is 4.89. The van der Waals surface area contributed by atoms with Gasteiger partial charge in [0.05, 0.1) is 12.3 Å². The number of hydrogen-bond acceptors (Lipinski definition) is 2. The minimum Gasteiger partial charge on any atom is -0.390 e. The summed E-state index contributed by atoms with van der Waals surface area (Å²) >= 11 is 3.38. The van der Waals surface area contributed by atoms with Crippen LogP contribution in [0.15, 0.2) is 35.1 Å². The van der Waals surface area contributed by atoms with Crippen molar-refractivity contribution < 1.29 is 5.11 Å². The molecule has 0 aliphatic rings. The molecule has 18 heavy (non-hydrogen) atoms. The van der Waals surface area contributed by atoms with Crippen LogP contribution < -0.4 is 0 Å². The van der Waals surface area contributed by atoms with E-state index in [0.717, 1.165) is 28.0 Å². The quantitative estimate of drug-likeness (QED) is 0.765. The van der Waals surface area contributed by atoms with Gasteiger partial charge in [0.25, 0.3) is 0 Å². The molecule has 5 heteroatoms. The predicted octanol–water partition coefficient (Wildman–Crippen LogP) is 2.82. The molecule has 4 nitrogen and oxygen atoms in total. The van der Waals surface area contributed by atoms with Crippen molar-refractivity contribution in [2.24, 2.45) is 7.05 Å². The number of nitrogens with zero attached hydrogens (tertiary/aromatic N) is 2. The van der Waals surface area contributed by atoms with Crippen molar-refractivity contribution in [1.29, 1.82) is 0 Å². The Morgan fingerprint density at radius 3 is 2.89 bits per heavy atom. The van der Waals surface area contributed by atoms with Gasteiger partial charge < -0.3 is 14.7 Å². The molecule has 0 aliphatic heterocycles. The Kier molecular flexibility index (Phi) is 2.72. The van der Waals surface area contributed by atoms with E-state index in [-0.39, 0.29) is 6.61 Å². The van der Waals surface area contributed by atoms with Gasteiger partial charge in [-0.15, -0.1) is 0 Å². The van der Waals surface area contributed by atoms with Crippen molar-refractivity contribution in [2.75, 3.05) is 0 Å². The third-order valence-corrected chi connectivity index (χ3v) is 3.78. The Hall–Kier alpha value is -1.59. The van der Waals surface area contributed by atoms with Crippen molar-refractivity contribution in [3.05, 3.63) is 40.8 Å². The topological polar surface area (TPSA) is 53.8 Å². The van der Waals surface area contributed by atoms with Gasteiger partial charge >= 0.3 is 0 Å². The zero-order valence-electron chi connectivity index (χ0n) is 9.81. The molecule has 0 aliphatic carbocycles. The van der Waals surface area contributed by atoms with Gasteiger partial charge in [0.15, 0.2) is 0 Å².